The van der Waals surface area contributed by atoms with Crippen LogP contribution in [0.2, 0.25) is 0 Å². The molecule has 2 amide bonds. The zero-order valence-electron chi connectivity index (χ0n) is 12.7. The summed E-state index contributed by atoms with van der Waals surface area (Å²) in [6, 6.07) is -1.49. The van der Waals surface area contributed by atoms with Crippen LogP contribution >= 0.6 is 11.3 Å². The standard InChI is InChI=1S/C13H22N4O3S/c1-5-8(4)10(11(18)19)14-12(20)15-13-17-16-9(21-13)6-7(2)3/h7-8,10H,5-6H2,1-4H3,(H,18,19)(H2,14,15,17,20)/t8?,10-/m0/s1. The second-order valence-corrected chi connectivity index (χ2v) is 6.46. The van der Waals surface area contributed by atoms with Crippen LogP contribution in [0.1, 0.15) is 39.1 Å². The zero-order chi connectivity index (χ0) is 16.0. The van der Waals surface area contributed by atoms with Gasteiger partial charge in [-0.05, 0) is 11.8 Å². The van der Waals surface area contributed by atoms with Crippen molar-refractivity contribution in [3.8, 4) is 0 Å². The fraction of sp³-hybridized carbons (Fsp3) is 0.692. The largest absolute Gasteiger partial charge is 0.480 e. The van der Waals surface area contributed by atoms with Crippen LogP contribution < -0.4 is 10.6 Å². The highest BCUT2D eigenvalue weighted by Crippen LogP contribution is 2.18. The predicted octanol–water partition coefficient (Wildman–Crippen LogP) is 2.36. The van der Waals surface area contributed by atoms with Crippen molar-refractivity contribution in [1.29, 1.82) is 0 Å². The molecule has 0 aromatic carbocycles. The third kappa shape index (κ3) is 5.66. The molecular weight excluding hydrogens is 292 g/mol. The van der Waals surface area contributed by atoms with Crippen LogP contribution in [0.3, 0.4) is 0 Å². The van der Waals surface area contributed by atoms with E-state index in [0.29, 0.717) is 17.5 Å². The Morgan fingerprint density at radius 3 is 2.48 bits per heavy atom. The fourth-order valence-corrected chi connectivity index (χ4v) is 2.64. The molecule has 3 N–H and O–H groups in total. The summed E-state index contributed by atoms with van der Waals surface area (Å²) in [5.74, 6) is -0.738. The van der Waals surface area contributed by atoms with E-state index in [1.165, 1.54) is 11.3 Å². The zero-order valence-corrected chi connectivity index (χ0v) is 13.5. The molecule has 8 heteroatoms. The highest BCUT2D eigenvalue weighted by atomic mass is 32.1. The molecule has 1 unspecified atom stereocenters. The van der Waals surface area contributed by atoms with E-state index in [0.717, 1.165) is 11.4 Å². The molecule has 0 aliphatic rings. The SMILES string of the molecule is CCC(C)[C@H](NC(=O)Nc1nnc(CC(C)C)s1)C(=O)O. The van der Waals surface area contributed by atoms with Gasteiger partial charge >= 0.3 is 12.0 Å². The number of nitrogens with one attached hydrogen (secondary N) is 2. The lowest BCUT2D eigenvalue weighted by molar-refractivity contribution is -0.140. The number of aromatic nitrogens is 2. The third-order valence-electron chi connectivity index (χ3n) is 3.04. The predicted molar refractivity (Wildman–Crippen MR) is 81.5 cm³/mol. The molecule has 21 heavy (non-hydrogen) atoms. The lowest BCUT2D eigenvalue weighted by atomic mass is 10.00. The highest BCUT2D eigenvalue weighted by Gasteiger charge is 2.25. The summed E-state index contributed by atoms with van der Waals surface area (Å²) in [6.07, 6.45) is 1.46. The Labute approximate surface area is 128 Å². The number of rotatable bonds is 7. The number of nitrogens with zero attached hydrogens (tertiary/aromatic N) is 2. The second kappa shape index (κ2) is 7.92. The fourth-order valence-electron chi connectivity index (χ4n) is 1.69. The normalized spacial score (nSPS) is 13.8. The van der Waals surface area contributed by atoms with E-state index in [1.807, 2.05) is 6.92 Å². The minimum absolute atomic E-state index is 0.154. The minimum Gasteiger partial charge on any atom is -0.480 e. The molecule has 1 aromatic rings. The van der Waals surface area contributed by atoms with E-state index in [4.69, 9.17) is 5.11 Å². The number of anilines is 1. The first kappa shape index (κ1) is 17.4. The molecule has 1 aromatic heterocycles. The summed E-state index contributed by atoms with van der Waals surface area (Å²) in [7, 11) is 0. The summed E-state index contributed by atoms with van der Waals surface area (Å²) in [4.78, 5) is 23.0. The first-order chi connectivity index (χ1) is 9.83. The first-order valence-electron chi connectivity index (χ1n) is 6.96. The molecule has 0 saturated carbocycles. The Kier molecular flexibility index (Phi) is 6.54. The number of hydrogen-bond donors (Lipinski definition) is 3. The van der Waals surface area contributed by atoms with E-state index in [-0.39, 0.29) is 5.92 Å². The van der Waals surface area contributed by atoms with Gasteiger partial charge in [-0.3, -0.25) is 5.32 Å². The van der Waals surface area contributed by atoms with Gasteiger partial charge in [-0.15, -0.1) is 10.2 Å². The molecule has 0 aliphatic carbocycles. The molecule has 0 saturated heterocycles. The average molecular weight is 314 g/mol. The number of aliphatic carboxylic acids is 1. The van der Waals surface area contributed by atoms with E-state index in [2.05, 4.69) is 34.7 Å². The number of urea groups is 1. The van der Waals surface area contributed by atoms with E-state index >= 15 is 0 Å². The molecule has 0 bridgehead atoms. The maximum absolute atomic E-state index is 11.8. The van der Waals surface area contributed by atoms with Crippen molar-refractivity contribution >= 4 is 28.5 Å². The smallest absolute Gasteiger partial charge is 0.326 e. The monoisotopic (exact) mass is 314 g/mol. The second-order valence-electron chi connectivity index (χ2n) is 5.40. The van der Waals surface area contributed by atoms with Gasteiger partial charge in [0, 0.05) is 6.42 Å². The number of carboxylic acids is 1. The minimum atomic E-state index is -1.04. The Bertz CT molecular complexity index is 490. The van der Waals surface area contributed by atoms with E-state index in [9.17, 15) is 9.59 Å². The molecule has 1 heterocycles. The van der Waals surface area contributed by atoms with Gasteiger partial charge < -0.3 is 10.4 Å². The number of carboxylic acid groups (broad SMARTS) is 1. The van der Waals surface area contributed by atoms with Crippen molar-refractivity contribution in [3.05, 3.63) is 5.01 Å². The van der Waals surface area contributed by atoms with E-state index in [1.54, 1.807) is 6.92 Å². The van der Waals surface area contributed by atoms with Gasteiger partial charge in [0.25, 0.3) is 0 Å². The van der Waals surface area contributed by atoms with Crippen molar-refractivity contribution in [2.45, 2.75) is 46.6 Å². The van der Waals surface area contributed by atoms with Crippen molar-refractivity contribution < 1.29 is 14.7 Å². The Morgan fingerprint density at radius 1 is 1.29 bits per heavy atom. The molecule has 0 aliphatic heterocycles. The molecule has 1 rings (SSSR count). The summed E-state index contributed by atoms with van der Waals surface area (Å²) < 4.78 is 0. The summed E-state index contributed by atoms with van der Waals surface area (Å²) in [5, 5.41) is 23.2. The van der Waals surface area contributed by atoms with Crippen LogP contribution in [0.15, 0.2) is 0 Å². The summed E-state index contributed by atoms with van der Waals surface area (Å²) in [6.45, 7) is 7.81. The quantitative estimate of drug-likeness (QED) is 0.716. The maximum atomic E-state index is 11.8. The summed E-state index contributed by atoms with van der Waals surface area (Å²) >= 11 is 1.30. The van der Waals surface area contributed by atoms with Crippen LogP contribution in [-0.4, -0.2) is 33.3 Å². The highest BCUT2D eigenvalue weighted by molar-refractivity contribution is 7.15. The molecule has 0 fully saturated rings. The van der Waals surface area contributed by atoms with Gasteiger partial charge in [0.05, 0.1) is 0 Å². The first-order valence-corrected chi connectivity index (χ1v) is 7.77. The van der Waals surface area contributed by atoms with Crippen LogP contribution in [-0.2, 0) is 11.2 Å². The van der Waals surface area contributed by atoms with Crippen LogP contribution in [0.25, 0.3) is 0 Å². The summed E-state index contributed by atoms with van der Waals surface area (Å²) in [5.41, 5.74) is 0. The maximum Gasteiger partial charge on any atom is 0.326 e. The van der Waals surface area contributed by atoms with Crippen molar-refractivity contribution in [1.82, 2.24) is 15.5 Å². The Balaban J connectivity index is 2.59. The van der Waals surface area contributed by atoms with Gasteiger partial charge in [0.1, 0.15) is 11.0 Å². The van der Waals surface area contributed by atoms with Gasteiger partial charge in [0.15, 0.2) is 0 Å². The molecule has 118 valence electrons. The molecule has 0 radical (unpaired) electrons. The van der Waals surface area contributed by atoms with Crippen LogP contribution in [0.4, 0.5) is 9.93 Å². The van der Waals surface area contributed by atoms with Crippen LogP contribution in [0, 0.1) is 11.8 Å². The molecular formula is C13H22N4O3S. The van der Waals surface area contributed by atoms with Crippen LogP contribution in [0.5, 0.6) is 0 Å². The number of amides is 2. The van der Waals surface area contributed by atoms with Gasteiger partial charge in [-0.2, -0.15) is 0 Å². The van der Waals surface area contributed by atoms with Gasteiger partial charge in [-0.25, -0.2) is 9.59 Å². The molecule has 0 spiro atoms. The third-order valence-corrected chi connectivity index (χ3v) is 3.90. The van der Waals surface area contributed by atoms with Gasteiger partial charge in [0.2, 0.25) is 5.13 Å². The lowest BCUT2D eigenvalue weighted by Gasteiger charge is -2.19. The molecule has 7 nitrogen and oxygen atoms in total. The molecule has 2 atom stereocenters. The lowest BCUT2D eigenvalue weighted by Crippen LogP contribution is -2.46. The average Bonchev–Trinajstić information content (AvgIpc) is 2.81. The van der Waals surface area contributed by atoms with Crippen molar-refractivity contribution in [2.75, 3.05) is 5.32 Å². The topological polar surface area (TPSA) is 104 Å². The number of carbonyl (C=O) groups excluding carboxylic acids is 1. The Morgan fingerprint density at radius 2 is 1.95 bits per heavy atom. The van der Waals surface area contributed by atoms with Gasteiger partial charge in [-0.1, -0.05) is 45.5 Å². The number of hydrogen-bond acceptors (Lipinski definition) is 5. The Hall–Kier alpha value is -1.70. The van der Waals surface area contributed by atoms with E-state index < -0.39 is 18.0 Å². The van der Waals surface area contributed by atoms with Crippen molar-refractivity contribution in [2.24, 2.45) is 11.8 Å². The van der Waals surface area contributed by atoms with Crippen molar-refractivity contribution in [3.63, 3.8) is 0 Å². The number of carbonyl (C=O) groups is 2.